The van der Waals surface area contributed by atoms with Gasteiger partial charge in [-0.15, -0.1) is 0 Å². The van der Waals surface area contributed by atoms with Crippen LogP contribution in [0.4, 0.5) is 4.79 Å². The van der Waals surface area contributed by atoms with E-state index in [9.17, 15) is 14.4 Å². The van der Waals surface area contributed by atoms with Crippen LogP contribution in [0.2, 0.25) is 0 Å². The van der Waals surface area contributed by atoms with Gasteiger partial charge < -0.3 is 10.6 Å². The Labute approximate surface area is 160 Å². The number of amides is 4. The molecule has 0 radical (unpaired) electrons. The van der Waals surface area contributed by atoms with Crippen LogP contribution < -0.4 is 10.6 Å². The number of hydrogen-bond donors (Lipinski definition) is 2. The molecule has 2 aliphatic rings. The summed E-state index contributed by atoms with van der Waals surface area (Å²) in [6.45, 7) is 7.99. The van der Waals surface area contributed by atoms with E-state index < -0.39 is 11.6 Å². The molecule has 1 saturated heterocycles. The zero-order valence-corrected chi connectivity index (χ0v) is 16.5. The van der Waals surface area contributed by atoms with E-state index in [1.54, 1.807) is 0 Å². The number of benzene rings is 1. The molecule has 2 fully saturated rings. The van der Waals surface area contributed by atoms with Crippen molar-refractivity contribution in [2.75, 3.05) is 6.54 Å². The monoisotopic (exact) mass is 371 g/mol. The SMILES string of the molecule is C[C@@H]1CC(C)(C)C[C@@]2(C1)NC(=O)N(CC(=O)N[C@@H](C)c1ccccc1)C2=O. The van der Waals surface area contributed by atoms with Crippen LogP contribution >= 0.6 is 0 Å². The van der Waals surface area contributed by atoms with Gasteiger partial charge in [-0.25, -0.2) is 4.79 Å². The number of urea groups is 1. The fraction of sp³-hybridized carbons (Fsp3) is 0.571. The molecule has 1 aliphatic heterocycles. The molecule has 0 aromatic heterocycles. The van der Waals surface area contributed by atoms with Gasteiger partial charge in [0.05, 0.1) is 6.04 Å². The number of nitrogens with zero attached hydrogens (tertiary/aromatic N) is 1. The summed E-state index contributed by atoms with van der Waals surface area (Å²) in [5, 5.41) is 5.77. The Hall–Kier alpha value is -2.37. The number of hydrogen-bond acceptors (Lipinski definition) is 3. The molecule has 6 nitrogen and oxygen atoms in total. The molecule has 1 aromatic carbocycles. The summed E-state index contributed by atoms with van der Waals surface area (Å²) in [7, 11) is 0. The minimum atomic E-state index is -0.871. The summed E-state index contributed by atoms with van der Waals surface area (Å²) in [6, 6.07) is 8.93. The van der Waals surface area contributed by atoms with Gasteiger partial charge >= 0.3 is 6.03 Å². The molecule has 146 valence electrons. The second kappa shape index (κ2) is 6.98. The van der Waals surface area contributed by atoms with Crippen LogP contribution in [0.5, 0.6) is 0 Å². The van der Waals surface area contributed by atoms with Crippen molar-refractivity contribution in [3.05, 3.63) is 35.9 Å². The van der Waals surface area contributed by atoms with Crippen LogP contribution in [0.3, 0.4) is 0 Å². The van der Waals surface area contributed by atoms with E-state index >= 15 is 0 Å². The van der Waals surface area contributed by atoms with Gasteiger partial charge in [-0.05, 0) is 43.1 Å². The molecule has 3 atom stereocenters. The average Bonchev–Trinajstić information content (AvgIpc) is 2.77. The van der Waals surface area contributed by atoms with Crippen molar-refractivity contribution >= 4 is 17.8 Å². The summed E-state index contributed by atoms with van der Waals surface area (Å²) < 4.78 is 0. The molecule has 6 heteroatoms. The van der Waals surface area contributed by atoms with Gasteiger partial charge in [-0.1, -0.05) is 51.1 Å². The molecule has 0 unspecified atom stereocenters. The third kappa shape index (κ3) is 3.99. The maximum atomic E-state index is 13.1. The molecule has 3 rings (SSSR count). The van der Waals surface area contributed by atoms with Crippen LogP contribution in [0.15, 0.2) is 30.3 Å². The van der Waals surface area contributed by atoms with Crippen LogP contribution in [0.25, 0.3) is 0 Å². The van der Waals surface area contributed by atoms with Gasteiger partial charge in [0, 0.05) is 0 Å². The highest BCUT2D eigenvalue weighted by Crippen LogP contribution is 2.46. The first-order valence-corrected chi connectivity index (χ1v) is 9.60. The highest BCUT2D eigenvalue weighted by molar-refractivity contribution is 6.09. The molecule has 1 spiro atoms. The van der Waals surface area contributed by atoms with Gasteiger partial charge in [0.2, 0.25) is 5.91 Å². The fourth-order valence-electron chi connectivity index (χ4n) is 4.91. The van der Waals surface area contributed by atoms with E-state index in [-0.39, 0.29) is 29.8 Å². The van der Waals surface area contributed by atoms with Gasteiger partial charge in [0.25, 0.3) is 5.91 Å². The Morgan fingerprint density at radius 1 is 1.26 bits per heavy atom. The lowest BCUT2D eigenvalue weighted by Gasteiger charge is -2.43. The lowest BCUT2D eigenvalue weighted by Crippen LogP contribution is -2.54. The molecule has 4 amide bonds. The quantitative estimate of drug-likeness (QED) is 0.799. The van der Waals surface area contributed by atoms with Crippen LogP contribution in [-0.4, -0.2) is 34.8 Å². The first-order chi connectivity index (χ1) is 12.6. The Balaban J connectivity index is 1.68. The number of nitrogens with one attached hydrogen (secondary N) is 2. The maximum Gasteiger partial charge on any atom is 0.325 e. The van der Waals surface area contributed by atoms with Gasteiger partial charge in [0.15, 0.2) is 0 Å². The highest BCUT2D eigenvalue weighted by atomic mass is 16.2. The van der Waals surface area contributed by atoms with Crippen molar-refractivity contribution < 1.29 is 14.4 Å². The lowest BCUT2D eigenvalue weighted by molar-refractivity contribution is -0.137. The first kappa shape index (κ1) is 19.4. The van der Waals surface area contributed by atoms with Gasteiger partial charge in [0.1, 0.15) is 12.1 Å². The molecule has 1 heterocycles. The van der Waals surface area contributed by atoms with E-state index in [0.717, 1.165) is 16.9 Å². The summed E-state index contributed by atoms with van der Waals surface area (Å²) in [4.78, 5) is 39.1. The van der Waals surface area contributed by atoms with Crippen molar-refractivity contribution in [1.29, 1.82) is 0 Å². The normalized spacial score (nSPS) is 28.1. The molecular weight excluding hydrogens is 342 g/mol. The molecular formula is C21H29N3O3. The molecule has 2 N–H and O–H groups in total. The summed E-state index contributed by atoms with van der Waals surface area (Å²) in [5.74, 6) is -0.269. The van der Waals surface area contributed by atoms with Crippen molar-refractivity contribution in [3.63, 3.8) is 0 Å². The number of rotatable bonds is 4. The number of carbonyl (C=O) groups is 3. The maximum absolute atomic E-state index is 13.1. The smallest absolute Gasteiger partial charge is 0.325 e. The lowest BCUT2D eigenvalue weighted by atomic mass is 9.64. The third-order valence-corrected chi connectivity index (χ3v) is 5.60. The number of imide groups is 1. The molecule has 1 aliphatic carbocycles. The summed E-state index contributed by atoms with van der Waals surface area (Å²) in [6.07, 6.45) is 2.25. The van der Waals surface area contributed by atoms with E-state index in [1.807, 2.05) is 37.3 Å². The van der Waals surface area contributed by atoms with Crippen molar-refractivity contribution in [3.8, 4) is 0 Å². The van der Waals surface area contributed by atoms with Crippen molar-refractivity contribution in [1.82, 2.24) is 15.5 Å². The summed E-state index contributed by atoms with van der Waals surface area (Å²) >= 11 is 0. The Morgan fingerprint density at radius 2 is 1.93 bits per heavy atom. The third-order valence-electron chi connectivity index (χ3n) is 5.60. The predicted molar refractivity (Wildman–Crippen MR) is 103 cm³/mol. The van der Waals surface area contributed by atoms with E-state index in [2.05, 4.69) is 31.4 Å². The highest BCUT2D eigenvalue weighted by Gasteiger charge is 2.56. The second-order valence-corrected chi connectivity index (χ2v) is 8.96. The number of carbonyl (C=O) groups excluding carboxylic acids is 3. The first-order valence-electron chi connectivity index (χ1n) is 9.60. The zero-order valence-electron chi connectivity index (χ0n) is 16.5. The van der Waals surface area contributed by atoms with E-state index in [4.69, 9.17) is 0 Å². The minimum absolute atomic E-state index is 0.0271. The van der Waals surface area contributed by atoms with Crippen molar-refractivity contribution in [2.24, 2.45) is 11.3 Å². The molecule has 1 aromatic rings. The van der Waals surface area contributed by atoms with Crippen LogP contribution in [0, 0.1) is 11.3 Å². The molecule has 1 saturated carbocycles. The average molecular weight is 371 g/mol. The topological polar surface area (TPSA) is 78.5 Å². The van der Waals surface area contributed by atoms with Gasteiger partial charge in [-0.3, -0.25) is 14.5 Å². The Morgan fingerprint density at radius 3 is 2.56 bits per heavy atom. The molecule has 27 heavy (non-hydrogen) atoms. The molecule has 0 bridgehead atoms. The standard InChI is InChI=1S/C21H29N3O3/c1-14-10-20(3,4)13-21(11-14)18(26)24(19(27)23-21)12-17(25)22-15(2)16-8-6-5-7-9-16/h5-9,14-15H,10-13H2,1-4H3,(H,22,25)(H,23,27)/t14-,15+,21-/m1/s1. The minimum Gasteiger partial charge on any atom is -0.348 e. The summed E-state index contributed by atoms with van der Waals surface area (Å²) in [5.41, 5.74) is 0.0759. The van der Waals surface area contributed by atoms with Crippen LogP contribution in [0.1, 0.15) is 58.6 Å². The van der Waals surface area contributed by atoms with Gasteiger partial charge in [-0.2, -0.15) is 0 Å². The zero-order chi connectivity index (χ0) is 19.8. The Bertz CT molecular complexity index is 746. The van der Waals surface area contributed by atoms with Crippen molar-refractivity contribution in [2.45, 2.75) is 58.5 Å². The second-order valence-electron chi connectivity index (χ2n) is 8.96. The predicted octanol–water partition coefficient (Wildman–Crippen LogP) is 3.00. The van der Waals surface area contributed by atoms with Crippen LogP contribution in [-0.2, 0) is 9.59 Å². The van der Waals surface area contributed by atoms with E-state index in [0.29, 0.717) is 18.8 Å². The van der Waals surface area contributed by atoms with E-state index in [1.165, 1.54) is 0 Å². The Kier molecular flexibility index (Phi) is 5.02. The fourth-order valence-corrected chi connectivity index (χ4v) is 4.91. The largest absolute Gasteiger partial charge is 0.348 e.